The molecule has 12 nitrogen and oxygen atoms in total. The van der Waals surface area contributed by atoms with E-state index in [2.05, 4.69) is 33.8 Å². The van der Waals surface area contributed by atoms with E-state index in [1.165, 1.54) is 6.08 Å². The molecule has 1 saturated heterocycles. The number of Topliss-reactive ketones (excluding diaryl/α,β-unsaturated/α-hetero) is 1. The fourth-order valence-corrected chi connectivity index (χ4v) is 10.1. The Kier molecular flexibility index (Phi) is 12.7. The summed E-state index contributed by atoms with van der Waals surface area (Å²) in [6.07, 6.45) is 15.0. The zero-order chi connectivity index (χ0) is 37.8. The summed E-state index contributed by atoms with van der Waals surface area (Å²) in [5.41, 5.74) is -1.18. The number of nitrogens with one attached hydrogen (secondary N) is 4. The molecule has 4 N–H and O–H groups in total. The molecule has 2 unspecified atom stereocenters. The topological polar surface area (TPSA) is 171 Å². The van der Waals surface area contributed by atoms with Crippen LogP contribution in [0.25, 0.3) is 0 Å². The number of urea groups is 1. The van der Waals surface area contributed by atoms with Crippen molar-refractivity contribution in [2.45, 2.75) is 140 Å². The number of likely N-dealkylation sites (tertiary alicyclic amines) is 1. The highest BCUT2D eigenvalue weighted by Crippen LogP contribution is 2.65. The molecule has 5 atom stereocenters. The number of piperidine rings is 1. The molecule has 0 bridgehead atoms. The summed E-state index contributed by atoms with van der Waals surface area (Å²) in [5.74, 6) is -0.602. The summed E-state index contributed by atoms with van der Waals surface area (Å²) in [6.45, 7) is 13.0. The van der Waals surface area contributed by atoms with Gasteiger partial charge in [-0.15, -0.1) is 18.9 Å². The molecule has 1 heterocycles. The minimum atomic E-state index is -3.57. The molecule has 1 aliphatic heterocycles. The van der Waals surface area contributed by atoms with Gasteiger partial charge >= 0.3 is 6.03 Å². The first kappa shape index (κ1) is 40.4. The predicted octanol–water partition coefficient (Wildman–Crippen LogP) is 3.40. The SMILES string of the molecule is C#CCCC(NC(=O)[C@@H]1[C@@H]2C(CN1C(=O)[C@@H](NC(=O)NC1(CS(=O)(=O)C(C)(C)C)CCCCC1)C1CCCCC1)C2(C)C)C(=O)C(=O)NCC=C. The Hall–Kier alpha value is -3.40. The van der Waals surface area contributed by atoms with Crippen LogP contribution in [-0.2, 0) is 29.0 Å². The molecule has 13 heteroatoms. The van der Waals surface area contributed by atoms with E-state index in [0.717, 1.165) is 51.4 Å². The van der Waals surface area contributed by atoms with Crippen molar-refractivity contribution >= 4 is 39.4 Å². The number of carbonyl (C=O) groups excluding carboxylic acids is 5. The van der Waals surface area contributed by atoms with Gasteiger partial charge in [0.25, 0.3) is 5.91 Å². The third-order valence-electron chi connectivity index (χ3n) is 11.9. The van der Waals surface area contributed by atoms with Crippen LogP contribution in [0.15, 0.2) is 12.7 Å². The van der Waals surface area contributed by atoms with Gasteiger partial charge in [-0.05, 0) is 76.0 Å². The maximum Gasteiger partial charge on any atom is 0.315 e. The van der Waals surface area contributed by atoms with Crippen molar-refractivity contribution in [3.63, 3.8) is 0 Å². The third-order valence-corrected chi connectivity index (χ3v) is 14.7. The molecule has 0 spiro atoms. The lowest BCUT2D eigenvalue weighted by molar-refractivity contribution is -0.144. The number of amides is 5. The van der Waals surface area contributed by atoms with Crippen LogP contribution in [0.5, 0.6) is 0 Å². The number of fused-ring (bicyclic) bond motifs is 1. The second-order valence-electron chi connectivity index (χ2n) is 16.7. The molecule has 4 fully saturated rings. The Bertz CT molecular complexity index is 1500. The number of nitrogens with zero attached hydrogens (tertiary/aromatic N) is 1. The minimum absolute atomic E-state index is 0.0434. The van der Waals surface area contributed by atoms with Crippen molar-refractivity contribution in [1.29, 1.82) is 0 Å². The standard InChI is InChI=1S/C38H59N5O7S/c1-8-10-19-27(31(44)33(46)39-22-9-2)40-32(45)30-28-26(37(28,6)7)23-43(30)34(47)29(25-17-13-11-14-18-25)41-35(48)42-38(20-15-12-16-21-38)24-51(49,50)36(3,4)5/h1,9,25-30H,2,10-24H2,3-7H3,(H,39,46)(H,40,45)(H2,41,42,48)/t26?,27?,28-,29-,30-/m0/s1. The fourth-order valence-electron chi connectivity index (χ4n) is 8.54. The highest BCUT2D eigenvalue weighted by atomic mass is 32.2. The molecule has 284 valence electrons. The summed E-state index contributed by atoms with van der Waals surface area (Å²) < 4.78 is 25.8. The van der Waals surface area contributed by atoms with Gasteiger partial charge in [-0.3, -0.25) is 19.2 Å². The summed E-state index contributed by atoms with van der Waals surface area (Å²) in [7, 11) is -3.57. The van der Waals surface area contributed by atoms with Crippen LogP contribution in [0.3, 0.4) is 0 Å². The first-order chi connectivity index (χ1) is 23.9. The van der Waals surface area contributed by atoms with Crippen LogP contribution in [0.4, 0.5) is 4.79 Å². The largest absolute Gasteiger partial charge is 0.346 e. The van der Waals surface area contributed by atoms with E-state index in [4.69, 9.17) is 6.42 Å². The maximum atomic E-state index is 14.7. The first-order valence-electron chi connectivity index (χ1n) is 18.7. The molecule has 4 rings (SSSR count). The van der Waals surface area contributed by atoms with Gasteiger partial charge in [-0.25, -0.2) is 13.2 Å². The average Bonchev–Trinajstić information content (AvgIpc) is 3.38. The smallest absolute Gasteiger partial charge is 0.315 e. The molecule has 51 heavy (non-hydrogen) atoms. The van der Waals surface area contributed by atoms with E-state index in [1.807, 2.05) is 13.8 Å². The van der Waals surface area contributed by atoms with Crippen LogP contribution in [-0.4, -0.2) is 90.1 Å². The Balaban J connectivity index is 1.59. The number of hydrogen-bond acceptors (Lipinski definition) is 7. The lowest BCUT2D eigenvalue weighted by Gasteiger charge is -2.41. The summed E-state index contributed by atoms with van der Waals surface area (Å²) in [4.78, 5) is 69.9. The Morgan fingerprint density at radius 1 is 1.00 bits per heavy atom. The fraction of sp³-hybridized carbons (Fsp3) is 0.763. The Morgan fingerprint density at radius 2 is 1.63 bits per heavy atom. The van der Waals surface area contributed by atoms with Crippen LogP contribution < -0.4 is 21.3 Å². The van der Waals surface area contributed by atoms with Crippen molar-refractivity contribution in [3.05, 3.63) is 12.7 Å². The molecule has 3 saturated carbocycles. The van der Waals surface area contributed by atoms with Crippen LogP contribution in [0.2, 0.25) is 0 Å². The van der Waals surface area contributed by atoms with Crippen molar-refractivity contribution in [2.75, 3.05) is 18.8 Å². The number of rotatable bonds is 14. The molecular weight excluding hydrogens is 671 g/mol. The van der Waals surface area contributed by atoms with Crippen molar-refractivity contribution in [3.8, 4) is 12.3 Å². The van der Waals surface area contributed by atoms with Crippen molar-refractivity contribution in [2.24, 2.45) is 23.2 Å². The molecule has 0 aromatic heterocycles. The van der Waals surface area contributed by atoms with Crippen LogP contribution >= 0.6 is 0 Å². The van der Waals surface area contributed by atoms with Crippen molar-refractivity contribution in [1.82, 2.24) is 26.2 Å². The molecular formula is C38H59N5O7S. The van der Waals surface area contributed by atoms with E-state index in [-0.39, 0.29) is 54.2 Å². The van der Waals surface area contributed by atoms with Crippen molar-refractivity contribution < 1.29 is 32.4 Å². The predicted molar refractivity (Wildman–Crippen MR) is 196 cm³/mol. The van der Waals surface area contributed by atoms with Gasteiger partial charge in [0.2, 0.25) is 17.6 Å². The number of terminal acetylenes is 1. The third kappa shape index (κ3) is 9.16. The van der Waals surface area contributed by atoms with E-state index in [0.29, 0.717) is 19.4 Å². The second kappa shape index (κ2) is 16.1. The Morgan fingerprint density at radius 3 is 2.22 bits per heavy atom. The number of ketones is 1. The summed E-state index contributed by atoms with van der Waals surface area (Å²) in [5, 5.41) is 11.3. The number of hydrogen-bond donors (Lipinski definition) is 4. The monoisotopic (exact) mass is 729 g/mol. The van der Waals surface area contributed by atoms with Gasteiger partial charge in [-0.1, -0.05) is 58.4 Å². The zero-order valence-electron chi connectivity index (χ0n) is 31.1. The summed E-state index contributed by atoms with van der Waals surface area (Å²) >= 11 is 0. The lowest BCUT2D eigenvalue weighted by atomic mass is 9.82. The van der Waals surface area contributed by atoms with Crippen LogP contribution in [0, 0.1) is 35.5 Å². The van der Waals surface area contributed by atoms with Gasteiger partial charge in [0.05, 0.1) is 22.1 Å². The van der Waals surface area contributed by atoms with Crippen LogP contribution in [0.1, 0.15) is 112 Å². The van der Waals surface area contributed by atoms with Gasteiger partial charge in [-0.2, -0.15) is 0 Å². The summed E-state index contributed by atoms with van der Waals surface area (Å²) in [6, 6.07) is -3.59. The molecule has 4 aliphatic rings. The highest BCUT2D eigenvalue weighted by Gasteiger charge is 2.69. The Labute approximate surface area is 304 Å². The molecule has 5 amide bonds. The average molecular weight is 730 g/mol. The van der Waals surface area contributed by atoms with Gasteiger partial charge in [0.15, 0.2) is 9.84 Å². The molecule has 0 aromatic carbocycles. The van der Waals surface area contributed by atoms with Gasteiger partial charge in [0.1, 0.15) is 12.1 Å². The minimum Gasteiger partial charge on any atom is -0.346 e. The van der Waals surface area contributed by atoms with E-state index in [9.17, 15) is 32.4 Å². The zero-order valence-corrected chi connectivity index (χ0v) is 32.0. The highest BCUT2D eigenvalue weighted by molar-refractivity contribution is 7.92. The van der Waals surface area contributed by atoms with E-state index < -0.39 is 61.9 Å². The maximum absolute atomic E-state index is 14.7. The van der Waals surface area contributed by atoms with Gasteiger partial charge < -0.3 is 26.2 Å². The molecule has 0 aromatic rings. The number of carbonyl (C=O) groups is 5. The first-order valence-corrected chi connectivity index (χ1v) is 20.3. The van der Waals surface area contributed by atoms with E-state index >= 15 is 0 Å². The van der Waals surface area contributed by atoms with Gasteiger partial charge in [0, 0.05) is 19.5 Å². The normalized spacial score (nSPS) is 25.3. The quantitative estimate of drug-likeness (QED) is 0.121. The van der Waals surface area contributed by atoms with E-state index in [1.54, 1.807) is 25.7 Å². The molecule has 3 aliphatic carbocycles. The number of sulfone groups is 1. The molecule has 0 radical (unpaired) electrons. The second-order valence-corrected chi connectivity index (χ2v) is 19.5. The lowest BCUT2D eigenvalue weighted by Crippen LogP contribution is -2.63.